The van der Waals surface area contributed by atoms with Crippen molar-refractivity contribution in [3.05, 3.63) is 53.3 Å². The van der Waals surface area contributed by atoms with E-state index in [0.717, 1.165) is 5.56 Å². The van der Waals surface area contributed by atoms with Crippen LogP contribution in [0, 0.1) is 0 Å². The second kappa shape index (κ2) is 6.89. The van der Waals surface area contributed by atoms with Gasteiger partial charge in [0, 0.05) is 12.7 Å². The molecule has 1 aromatic heterocycles. The van der Waals surface area contributed by atoms with Gasteiger partial charge in [0.2, 0.25) is 10.0 Å². The summed E-state index contributed by atoms with van der Waals surface area (Å²) in [5, 5.41) is 0.135. The van der Waals surface area contributed by atoms with Crippen molar-refractivity contribution in [2.45, 2.75) is 18.4 Å². The minimum atomic E-state index is -3.62. The molecule has 0 radical (unpaired) electrons. The third-order valence-electron chi connectivity index (χ3n) is 2.68. The number of benzene rings is 1. The standard InChI is InChI=1S/C14H15ClN2O3S/c1-2-20-12-5-3-4-11(8-12)10-17-21(18,19)13-6-7-16-14(15)9-13/h3-9,17H,2,10H2,1H3. The molecule has 2 rings (SSSR count). The summed E-state index contributed by atoms with van der Waals surface area (Å²) in [6.07, 6.45) is 1.35. The van der Waals surface area contributed by atoms with Gasteiger partial charge in [-0.2, -0.15) is 0 Å². The van der Waals surface area contributed by atoms with E-state index in [2.05, 4.69) is 9.71 Å². The van der Waals surface area contributed by atoms with Crippen LogP contribution < -0.4 is 9.46 Å². The van der Waals surface area contributed by atoms with Crippen LogP contribution in [-0.4, -0.2) is 20.0 Å². The Labute approximate surface area is 129 Å². The number of halogens is 1. The summed E-state index contributed by atoms with van der Waals surface area (Å²) >= 11 is 5.70. The molecule has 0 atom stereocenters. The predicted octanol–water partition coefficient (Wildman–Crippen LogP) is 2.61. The van der Waals surface area contributed by atoms with Gasteiger partial charge in [0.25, 0.3) is 0 Å². The lowest BCUT2D eigenvalue weighted by Gasteiger charge is -2.08. The first-order valence-electron chi connectivity index (χ1n) is 6.34. The predicted molar refractivity (Wildman–Crippen MR) is 80.9 cm³/mol. The van der Waals surface area contributed by atoms with Crippen molar-refractivity contribution in [3.63, 3.8) is 0 Å². The Balaban J connectivity index is 2.10. The van der Waals surface area contributed by atoms with E-state index in [1.807, 2.05) is 25.1 Å². The Morgan fingerprint density at radius 2 is 2.10 bits per heavy atom. The summed E-state index contributed by atoms with van der Waals surface area (Å²) < 4.78 is 32.2. The summed E-state index contributed by atoms with van der Waals surface area (Å²) in [5.74, 6) is 0.709. The molecule has 0 amide bonds. The first kappa shape index (κ1) is 15.8. The highest BCUT2D eigenvalue weighted by Crippen LogP contribution is 2.15. The van der Waals surface area contributed by atoms with Crippen molar-refractivity contribution in [2.24, 2.45) is 0 Å². The van der Waals surface area contributed by atoms with E-state index >= 15 is 0 Å². The largest absolute Gasteiger partial charge is 0.494 e. The van der Waals surface area contributed by atoms with Gasteiger partial charge in [-0.05, 0) is 36.8 Å². The quantitative estimate of drug-likeness (QED) is 0.828. The molecule has 21 heavy (non-hydrogen) atoms. The van der Waals surface area contributed by atoms with E-state index in [0.29, 0.717) is 12.4 Å². The van der Waals surface area contributed by atoms with Crippen LogP contribution in [0.5, 0.6) is 5.75 Å². The molecule has 112 valence electrons. The molecule has 0 fully saturated rings. The molecule has 0 spiro atoms. The zero-order chi connectivity index (χ0) is 15.3. The molecule has 0 saturated carbocycles. The van der Waals surface area contributed by atoms with Crippen LogP contribution in [-0.2, 0) is 16.6 Å². The Bertz CT molecular complexity index is 720. The zero-order valence-electron chi connectivity index (χ0n) is 11.4. The maximum absolute atomic E-state index is 12.1. The third-order valence-corrected chi connectivity index (χ3v) is 4.29. The Hall–Kier alpha value is -1.63. The molecule has 1 N–H and O–H groups in total. The maximum Gasteiger partial charge on any atom is 0.241 e. The van der Waals surface area contributed by atoms with Crippen LogP contribution in [0.25, 0.3) is 0 Å². The number of sulfonamides is 1. The van der Waals surface area contributed by atoms with Crippen molar-refractivity contribution in [3.8, 4) is 5.75 Å². The van der Waals surface area contributed by atoms with Crippen molar-refractivity contribution in [2.75, 3.05) is 6.61 Å². The number of ether oxygens (including phenoxy) is 1. The normalized spacial score (nSPS) is 11.3. The summed E-state index contributed by atoms with van der Waals surface area (Å²) in [6.45, 7) is 2.62. The molecule has 1 heterocycles. The first-order valence-corrected chi connectivity index (χ1v) is 8.20. The molecule has 0 bridgehead atoms. The Morgan fingerprint density at radius 1 is 1.29 bits per heavy atom. The highest BCUT2D eigenvalue weighted by Gasteiger charge is 2.14. The number of nitrogens with one attached hydrogen (secondary N) is 1. The molecule has 0 unspecified atom stereocenters. The molecular weight excluding hydrogens is 312 g/mol. The maximum atomic E-state index is 12.1. The average Bonchev–Trinajstić information content (AvgIpc) is 2.46. The van der Waals surface area contributed by atoms with Crippen LogP contribution in [0.2, 0.25) is 5.15 Å². The van der Waals surface area contributed by atoms with Crippen LogP contribution in [0.15, 0.2) is 47.5 Å². The van der Waals surface area contributed by atoms with Gasteiger partial charge in [-0.1, -0.05) is 23.7 Å². The van der Waals surface area contributed by atoms with Crippen LogP contribution in [0.4, 0.5) is 0 Å². The molecular formula is C14H15ClN2O3S. The fraction of sp³-hybridized carbons (Fsp3) is 0.214. The fourth-order valence-corrected chi connectivity index (χ4v) is 2.99. The van der Waals surface area contributed by atoms with Crippen molar-refractivity contribution < 1.29 is 13.2 Å². The monoisotopic (exact) mass is 326 g/mol. The number of aromatic nitrogens is 1. The summed E-state index contributed by atoms with van der Waals surface area (Å²) in [5.41, 5.74) is 0.810. The van der Waals surface area contributed by atoms with E-state index in [1.54, 1.807) is 6.07 Å². The molecule has 0 saturated heterocycles. The molecule has 5 nitrogen and oxygen atoms in total. The molecule has 2 aromatic rings. The lowest BCUT2D eigenvalue weighted by atomic mass is 10.2. The fourth-order valence-electron chi connectivity index (χ4n) is 1.73. The lowest BCUT2D eigenvalue weighted by molar-refractivity contribution is 0.340. The minimum Gasteiger partial charge on any atom is -0.494 e. The number of nitrogens with zero attached hydrogens (tertiary/aromatic N) is 1. The number of pyridine rings is 1. The molecule has 0 aliphatic heterocycles. The van der Waals surface area contributed by atoms with Gasteiger partial charge in [0.15, 0.2) is 0 Å². The van der Waals surface area contributed by atoms with Crippen LogP contribution in [0.1, 0.15) is 12.5 Å². The van der Waals surface area contributed by atoms with E-state index < -0.39 is 10.0 Å². The van der Waals surface area contributed by atoms with Gasteiger partial charge in [0.05, 0.1) is 11.5 Å². The molecule has 0 aliphatic carbocycles. The topological polar surface area (TPSA) is 68.3 Å². The van der Waals surface area contributed by atoms with Gasteiger partial charge in [-0.3, -0.25) is 0 Å². The molecule has 0 aliphatic rings. The van der Waals surface area contributed by atoms with E-state index in [-0.39, 0.29) is 16.6 Å². The summed E-state index contributed by atoms with van der Waals surface area (Å²) in [4.78, 5) is 3.85. The SMILES string of the molecule is CCOc1cccc(CNS(=O)(=O)c2ccnc(Cl)c2)c1. The zero-order valence-corrected chi connectivity index (χ0v) is 13.0. The Kier molecular flexibility index (Phi) is 5.17. The van der Waals surface area contributed by atoms with Crippen molar-refractivity contribution in [1.29, 1.82) is 0 Å². The van der Waals surface area contributed by atoms with E-state index in [9.17, 15) is 8.42 Å². The van der Waals surface area contributed by atoms with Gasteiger partial charge >= 0.3 is 0 Å². The van der Waals surface area contributed by atoms with Crippen molar-refractivity contribution in [1.82, 2.24) is 9.71 Å². The highest BCUT2D eigenvalue weighted by atomic mass is 35.5. The average molecular weight is 327 g/mol. The second-order valence-electron chi connectivity index (χ2n) is 4.22. The number of hydrogen-bond donors (Lipinski definition) is 1. The van der Waals surface area contributed by atoms with Crippen molar-refractivity contribution >= 4 is 21.6 Å². The lowest BCUT2D eigenvalue weighted by Crippen LogP contribution is -2.23. The summed E-state index contributed by atoms with van der Waals surface area (Å²) in [6, 6.07) is 9.96. The number of hydrogen-bond acceptors (Lipinski definition) is 4. The van der Waals surface area contributed by atoms with Gasteiger partial charge in [0.1, 0.15) is 10.9 Å². The van der Waals surface area contributed by atoms with E-state index in [4.69, 9.17) is 16.3 Å². The second-order valence-corrected chi connectivity index (χ2v) is 6.37. The van der Waals surface area contributed by atoms with Gasteiger partial charge in [-0.15, -0.1) is 0 Å². The Morgan fingerprint density at radius 3 is 2.81 bits per heavy atom. The first-order chi connectivity index (χ1) is 10.0. The number of rotatable bonds is 6. The summed E-state index contributed by atoms with van der Waals surface area (Å²) in [7, 11) is -3.62. The smallest absolute Gasteiger partial charge is 0.241 e. The van der Waals surface area contributed by atoms with Crippen LogP contribution >= 0.6 is 11.6 Å². The molecule has 7 heteroatoms. The van der Waals surface area contributed by atoms with Crippen LogP contribution in [0.3, 0.4) is 0 Å². The minimum absolute atomic E-state index is 0.0865. The highest BCUT2D eigenvalue weighted by molar-refractivity contribution is 7.89. The van der Waals surface area contributed by atoms with E-state index in [1.165, 1.54) is 18.3 Å². The van der Waals surface area contributed by atoms with Gasteiger partial charge < -0.3 is 4.74 Å². The van der Waals surface area contributed by atoms with Gasteiger partial charge in [-0.25, -0.2) is 18.1 Å². The molecule has 1 aromatic carbocycles. The third kappa shape index (κ3) is 4.42.